The van der Waals surface area contributed by atoms with Crippen molar-refractivity contribution in [2.24, 2.45) is 5.92 Å². The van der Waals surface area contributed by atoms with Gasteiger partial charge in [0.15, 0.2) is 3.95 Å². The molecule has 3 rings (SSSR count). The van der Waals surface area contributed by atoms with Gasteiger partial charge in [-0.25, -0.2) is 4.79 Å². The van der Waals surface area contributed by atoms with Crippen LogP contribution in [0.2, 0.25) is 0 Å². The van der Waals surface area contributed by atoms with Crippen LogP contribution < -0.4 is 10.6 Å². The number of aromatic nitrogens is 2. The molecule has 1 aromatic heterocycles. The van der Waals surface area contributed by atoms with E-state index < -0.39 is 23.9 Å². The molecule has 184 valence electrons. The molecule has 0 aliphatic heterocycles. The maximum atomic E-state index is 13.0. The second-order valence-corrected chi connectivity index (χ2v) is 10.3. The van der Waals surface area contributed by atoms with Crippen molar-refractivity contribution in [2.45, 2.75) is 64.6 Å². The number of carbonyl (C=O) groups is 3. The summed E-state index contributed by atoms with van der Waals surface area (Å²) in [5.41, 5.74) is 0.877. The van der Waals surface area contributed by atoms with Crippen molar-refractivity contribution in [3.8, 4) is 0 Å². The number of amides is 3. The zero-order chi connectivity index (χ0) is 24.5. The molecule has 1 heterocycles. The average Bonchev–Trinajstić information content (AvgIpc) is 3.24. The first-order valence-electron chi connectivity index (χ1n) is 11.5. The van der Waals surface area contributed by atoms with Crippen molar-refractivity contribution in [1.29, 1.82) is 0 Å². The summed E-state index contributed by atoms with van der Waals surface area (Å²) >= 11 is 6.12. The highest BCUT2D eigenvalue weighted by Gasteiger charge is 2.31. The van der Waals surface area contributed by atoms with Gasteiger partial charge in [0, 0.05) is 6.04 Å². The molecule has 34 heavy (non-hydrogen) atoms. The van der Waals surface area contributed by atoms with Crippen LogP contribution in [0.1, 0.15) is 51.5 Å². The number of hydrogen-bond donors (Lipinski definition) is 3. The van der Waals surface area contributed by atoms with Crippen molar-refractivity contribution in [3.05, 3.63) is 39.8 Å². The Morgan fingerprint density at radius 1 is 1.21 bits per heavy atom. The molecule has 0 radical (unpaired) electrons. The SMILES string of the molecule is CC(C)[C@H](NC(=O)CN(C(=O)OCc1ccccc1)C1CCCCC1)C(=O)Nc1n[nH]c(=S)s1. The lowest BCUT2D eigenvalue weighted by molar-refractivity contribution is -0.128. The number of carbonyl (C=O) groups excluding carboxylic acids is 3. The first kappa shape index (κ1) is 25.8. The molecule has 1 aliphatic carbocycles. The number of anilines is 1. The van der Waals surface area contributed by atoms with E-state index in [1.165, 1.54) is 4.90 Å². The molecule has 1 fully saturated rings. The van der Waals surface area contributed by atoms with Gasteiger partial charge in [-0.1, -0.05) is 74.8 Å². The van der Waals surface area contributed by atoms with Crippen LogP contribution in [0, 0.1) is 9.87 Å². The zero-order valence-electron chi connectivity index (χ0n) is 19.4. The van der Waals surface area contributed by atoms with E-state index in [4.69, 9.17) is 17.0 Å². The van der Waals surface area contributed by atoms with Crippen molar-refractivity contribution in [1.82, 2.24) is 20.4 Å². The van der Waals surface area contributed by atoms with E-state index in [-0.39, 0.29) is 25.1 Å². The minimum Gasteiger partial charge on any atom is -0.445 e. The lowest BCUT2D eigenvalue weighted by Gasteiger charge is -2.33. The number of benzene rings is 1. The third-order valence-corrected chi connectivity index (χ3v) is 6.71. The Hall–Kier alpha value is -2.79. The monoisotopic (exact) mass is 505 g/mol. The van der Waals surface area contributed by atoms with Gasteiger partial charge in [0.1, 0.15) is 19.2 Å². The van der Waals surface area contributed by atoms with Crippen LogP contribution in [-0.2, 0) is 20.9 Å². The molecule has 9 nitrogen and oxygen atoms in total. The van der Waals surface area contributed by atoms with Crippen molar-refractivity contribution >= 4 is 46.6 Å². The van der Waals surface area contributed by atoms with E-state index in [9.17, 15) is 14.4 Å². The van der Waals surface area contributed by atoms with Crippen LogP contribution >= 0.6 is 23.6 Å². The molecule has 0 bridgehead atoms. The Morgan fingerprint density at radius 2 is 1.91 bits per heavy atom. The summed E-state index contributed by atoms with van der Waals surface area (Å²) in [7, 11) is 0. The summed E-state index contributed by atoms with van der Waals surface area (Å²) < 4.78 is 5.98. The molecule has 0 spiro atoms. The Labute approximate surface area is 208 Å². The highest BCUT2D eigenvalue weighted by molar-refractivity contribution is 7.73. The smallest absolute Gasteiger partial charge is 0.410 e. The number of H-pyrrole nitrogens is 1. The normalized spacial score (nSPS) is 14.9. The van der Waals surface area contributed by atoms with Crippen LogP contribution in [0.15, 0.2) is 30.3 Å². The van der Waals surface area contributed by atoms with Gasteiger partial charge < -0.3 is 10.1 Å². The van der Waals surface area contributed by atoms with Gasteiger partial charge in [-0.05, 0) is 36.5 Å². The fourth-order valence-corrected chi connectivity index (χ4v) is 4.71. The van der Waals surface area contributed by atoms with Crippen molar-refractivity contribution < 1.29 is 19.1 Å². The van der Waals surface area contributed by atoms with Crippen LogP contribution in [0.5, 0.6) is 0 Å². The van der Waals surface area contributed by atoms with Crippen LogP contribution in [0.25, 0.3) is 0 Å². The van der Waals surface area contributed by atoms with Crippen molar-refractivity contribution in [2.75, 3.05) is 11.9 Å². The number of rotatable bonds is 9. The van der Waals surface area contributed by atoms with Gasteiger partial charge in [-0.2, -0.15) is 0 Å². The third kappa shape index (κ3) is 7.63. The molecule has 3 N–H and O–H groups in total. The Morgan fingerprint density at radius 3 is 2.53 bits per heavy atom. The van der Waals surface area contributed by atoms with Crippen LogP contribution in [-0.4, -0.2) is 51.6 Å². The van der Waals surface area contributed by atoms with E-state index in [1.54, 1.807) is 0 Å². The maximum absolute atomic E-state index is 13.0. The third-order valence-electron chi connectivity index (χ3n) is 5.70. The van der Waals surface area contributed by atoms with E-state index in [1.807, 2.05) is 44.2 Å². The maximum Gasteiger partial charge on any atom is 0.410 e. The Bertz CT molecular complexity index is 1020. The molecule has 1 aliphatic rings. The fourth-order valence-electron chi connectivity index (χ4n) is 3.91. The van der Waals surface area contributed by atoms with Gasteiger partial charge in [-0.15, -0.1) is 5.10 Å². The van der Waals surface area contributed by atoms with Gasteiger partial charge >= 0.3 is 6.09 Å². The topological polar surface area (TPSA) is 116 Å². The number of aromatic amines is 1. The average molecular weight is 506 g/mol. The van der Waals surface area contributed by atoms with Crippen LogP contribution in [0.3, 0.4) is 0 Å². The molecule has 0 saturated heterocycles. The summed E-state index contributed by atoms with van der Waals surface area (Å²) in [6.45, 7) is 3.64. The molecule has 2 aromatic rings. The lowest BCUT2D eigenvalue weighted by Crippen LogP contribution is -2.52. The van der Waals surface area contributed by atoms with E-state index in [0.29, 0.717) is 9.09 Å². The van der Waals surface area contributed by atoms with Gasteiger partial charge in [-0.3, -0.25) is 24.9 Å². The molecule has 0 unspecified atom stereocenters. The van der Waals surface area contributed by atoms with E-state index in [0.717, 1.165) is 49.0 Å². The summed E-state index contributed by atoms with van der Waals surface area (Å²) in [6, 6.07) is 8.56. The number of hydrogen-bond acceptors (Lipinski definition) is 7. The lowest BCUT2D eigenvalue weighted by atomic mass is 9.94. The predicted molar refractivity (Wildman–Crippen MR) is 133 cm³/mol. The summed E-state index contributed by atoms with van der Waals surface area (Å²) in [5, 5.41) is 12.3. The Kier molecular flexibility index (Phi) is 9.58. The summed E-state index contributed by atoms with van der Waals surface area (Å²) in [4.78, 5) is 40.2. The first-order valence-corrected chi connectivity index (χ1v) is 12.7. The molecule has 1 atom stereocenters. The standard InChI is InChI=1S/C23H31N5O4S2/c1-15(2)19(20(30)25-21-26-27-22(33)34-21)24-18(29)13-28(17-11-7-4-8-12-17)23(31)32-14-16-9-5-3-6-10-16/h3,5-6,9-10,15,17,19H,4,7-8,11-14H2,1-2H3,(H,24,29)(H,27,33)(H,25,26,30)/t19-/m0/s1. The second kappa shape index (κ2) is 12.6. The Balaban J connectivity index is 1.64. The largest absolute Gasteiger partial charge is 0.445 e. The predicted octanol–water partition coefficient (Wildman–Crippen LogP) is 4.25. The first-order chi connectivity index (χ1) is 16.3. The molecule has 1 saturated carbocycles. The highest BCUT2D eigenvalue weighted by Crippen LogP contribution is 2.23. The van der Waals surface area contributed by atoms with Gasteiger partial charge in [0.05, 0.1) is 0 Å². The van der Waals surface area contributed by atoms with Gasteiger partial charge in [0.2, 0.25) is 16.9 Å². The molecular weight excluding hydrogens is 474 g/mol. The molecule has 1 aromatic carbocycles. The quantitative estimate of drug-likeness (QED) is 0.439. The zero-order valence-corrected chi connectivity index (χ0v) is 21.0. The van der Waals surface area contributed by atoms with Crippen molar-refractivity contribution in [3.63, 3.8) is 0 Å². The minimum atomic E-state index is -0.793. The van der Waals surface area contributed by atoms with E-state index >= 15 is 0 Å². The number of nitrogens with one attached hydrogen (secondary N) is 3. The summed E-state index contributed by atoms with van der Waals surface area (Å²) in [6.07, 6.45) is 4.25. The highest BCUT2D eigenvalue weighted by atomic mass is 32.1. The second-order valence-electron chi connectivity index (χ2n) is 8.66. The van der Waals surface area contributed by atoms with Gasteiger partial charge in [0.25, 0.3) is 0 Å². The molecular formula is C23H31N5O4S2. The summed E-state index contributed by atoms with van der Waals surface area (Å²) in [5.74, 6) is -0.980. The number of ether oxygens (including phenoxy) is 1. The number of nitrogens with zero attached hydrogens (tertiary/aromatic N) is 2. The fraction of sp³-hybridized carbons (Fsp3) is 0.522. The van der Waals surface area contributed by atoms with E-state index in [2.05, 4.69) is 20.8 Å². The minimum absolute atomic E-state index is 0.0644. The molecule has 11 heteroatoms. The van der Waals surface area contributed by atoms with Crippen LogP contribution in [0.4, 0.5) is 9.93 Å². The molecule has 3 amide bonds.